The molecule has 0 aromatic carbocycles. The highest BCUT2D eigenvalue weighted by Crippen LogP contribution is 2.44. The van der Waals surface area contributed by atoms with Crippen LogP contribution in [0, 0.1) is 5.92 Å². The first-order chi connectivity index (χ1) is 20.2. The fraction of sp³-hybridized carbons (Fsp3) is 0.538. The lowest BCUT2D eigenvalue weighted by molar-refractivity contribution is 0.174. The van der Waals surface area contributed by atoms with Crippen LogP contribution in [0.3, 0.4) is 0 Å². The Morgan fingerprint density at radius 1 is 1.00 bits per heavy atom. The Morgan fingerprint density at radius 2 is 1.90 bits per heavy atom. The maximum atomic E-state index is 3.39. The average molecular weight is 551 g/mol. The second-order valence-electron chi connectivity index (χ2n) is 12.6. The second kappa shape index (κ2) is 15.2. The molecule has 4 aliphatic carbocycles. The van der Waals surface area contributed by atoms with E-state index < -0.39 is 0 Å². The van der Waals surface area contributed by atoms with Gasteiger partial charge in [-0.25, -0.2) is 0 Å². The lowest BCUT2D eigenvalue weighted by atomic mass is 9.74. The zero-order valence-electron chi connectivity index (χ0n) is 26.1. The van der Waals surface area contributed by atoms with Gasteiger partial charge in [-0.3, -0.25) is 4.90 Å². The summed E-state index contributed by atoms with van der Waals surface area (Å²) in [5.74, 6) is 0.471. The van der Waals surface area contributed by atoms with E-state index in [2.05, 4.69) is 97.9 Å². The number of nitrogens with one attached hydrogen (secondary N) is 1. The quantitative estimate of drug-likeness (QED) is 0.215. The Bertz CT molecular complexity index is 1190. The molecule has 3 atom stereocenters. The molecular formula is C39H54N2. The summed E-state index contributed by atoms with van der Waals surface area (Å²) >= 11 is 0. The normalized spacial score (nSPS) is 31.6. The van der Waals surface area contributed by atoms with Gasteiger partial charge in [0.25, 0.3) is 0 Å². The molecule has 1 N–H and O–H groups in total. The molecule has 2 nitrogen and oxygen atoms in total. The van der Waals surface area contributed by atoms with Crippen LogP contribution < -0.4 is 5.32 Å². The number of fused-ring (bicyclic) bond motifs is 1. The van der Waals surface area contributed by atoms with Crippen molar-refractivity contribution in [3.8, 4) is 0 Å². The van der Waals surface area contributed by atoms with Gasteiger partial charge in [0.2, 0.25) is 0 Å². The smallest absolute Gasteiger partial charge is 0.0357 e. The van der Waals surface area contributed by atoms with Gasteiger partial charge < -0.3 is 5.32 Å². The molecule has 0 aromatic rings. The lowest BCUT2D eigenvalue weighted by Crippen LogP contribution is -2.46. The Balaban J connectivity index is 1.67. The highest BCUT2D eigenvalue weighted by Gasteiger charge is 2.35. The minimum atomic E-state index is 0.456. The van der Waals surface area contributed by atoms with Crippen LogP contribution in [0.5, 0.6) is 0 Å². The molecule has 1 aliphatic heterocycles. The number of hydrogen-bond acceptors (Lipinski definition) is 2. The number of allylic oxidation sites excluding steroid dienone is 13. The van der Waals surface area contributed by atoms with Gasteiger partial charge in [-0.2, -0.15) is 0 Å². The van der Waals surface area contributed by atoms with Gasteiger partial charge in [0.05, 0.1) is 0 Å². The van der Waals surface area contributed by atoms with Crippen molar-refractivity contribution in [3.05, 3.63) is 106 Å². The predicted octanol–water partition coefficient (Wildman–Crippen LogP) is 9.64. The number of rotatable bonds is 10. The fourth-order valence-corrected chi connectivity index (χ4v) is 7.68. The summed E-state index contributed by atoms with van der Waals surface area (Å²) in [4.78, 5) is 2.96. The molecule has 0 bridgehead atoms. The lowest BCUT2D eigenvalue weighted by Gasteiger charge is -2.44. The van der Waals surface area contributed by atoms with Gasteiger partial charge in [-0.1, -0.05) is 86.6 Å². The van der Waals surface area contributed by atoms with Gasteiger partial charge >= 0.3 is 0 Å². The molecule has 0 saturated carbocycles. The van der Waals surface area contributed by atoms with Crippen molar-refractivity contribution < 1.29 is 0 Å². The number of hydrogen-bond donors (Lipinski definition) is 1. The summed E-state index contributed by atoms with van der Waals surface area (Å²) < 4.78 is 0. The zero-order valence-corrected chi connectivity index (χ0v) is 26.1. The van der Waals surface area contributed by atoms with Crippen LogP contribution in [0.25, 0.3) is 0 Å². The molecular weight excluding hydrogens is 496 g/mol. The van der Waals surface area contributed by atoms with Crippen LogP contribution in [0.4, 0.5) is 0 Å². The maximum Gasteiger partial charge on any atom is 0.0357 e. The van der Waals surface area contributed by atoms with E-state index in [0.717, 1.165) is 38.8 Å². The zero-order chi connectivity index (χ0) is 28.4. The minimum Gasteiger partial charge on any atom is -0.320 e. The van der Waals surface area contributed by atoms with E-state index in [4.69, 9.17) is 0 Å². The van der Waals surface area contributed by atoms with Crippen LogP contribution in [0.1, 0.15) is 97.3 Å². The average Bonchev–Trinajstić information content (AvgIpc) is 3.03. The second-order valence-corrected chi connectivity index (χ2v) is 12.6. The number of unbranched alkanes of at least 4 members (excludes halogenated alkanes) is 2. The van der Waals surface area contributed by atoms with Gasteiger partial charge in [0.1, 0.15) is 0 Å². The predicted molar refractivity (Wildman–Crippen MR) is 178 cm³/mol. The largest absolute Gasteiger partial charge is 0.320 e. The van der Waals surface area contributed by atoms with Crippen LogP contribution in [0.2, 0.25) is 0 Å². The summed E-state index contributed by atoms with van der Waals surface area (Å²) in [5.41, 5.74) is 11.0. The van der Waals surface area contributed by atoms with Crippen molar-refractivity contribution in [2.75, 3.05) is 20.1 Å². The fourth-order valence-electron chi connectivity index (χ4n) is 7.68. The summed E-state index contributed by atoms with van der Waals surface area (Å²) in [7, 11) is 2.09. The molecule has 0 amide bonds. The summed E-state index contributed by atoms with van der Waals surface area (Å²) in [6, 6.07) is 0.969. The van der Waals surface area contributed by atoms with E-state index >= 15 is 0 Å². The number of nitrogens with zero attached hydrogens (tertiary/aromatic N) is 1. The molecule has 0 aromatic heterocycles. The Kier molecular flexibility index (Phi) is 11.1. The third kappa shape index (κ3) is 7.15. The highest BCUT2D eigenvalue weighted by atomic mass is 15.2. The Morgan fingerprint density at radius 3 is 2.68 bits per heavy atom. The van der Waals surface area contributed by atoms with Gasteiger partial charge in [0.15, 0.2) is 0 Å². The third-order valence-electron chi connectivity index (χ3n) is 9.87. The molecule has 0 saturated heterocycles. The van der Waals surface area contributed by atoms with Crippen molar-refractivity contribution in [1.29, 1.82) is 0 Å². The minimum absolute atomic E-state index is 0.456. The molecule has 5 aliphatic rings. The first-order valence-corrected chi connectivity index (χ1v) is 16.8. The standard InChI is InChI=1S/C39H54N2/c1-4-5-22-34-30(2)33-23-12-14-25-36(33)38(37-26-15-13-24-35(37)31-18-8-6-9-19-31)29-41(32-20-10-7-11-21-32)39(34)27-16-17-28-40-3/h8,10,12-13,15,18-20,22-23,26,32,35,39-40H,4-7,9,11,14,16-17,21,24-25,27-29H2,1-3H3/b33-30+,34-22-,38-36+. The summed E-state index contributed by atoms with van der Waals surface area (Å²) in [6.45, 7) is 6.94. The first kappa shape index (κ1) is 30.1. The molecule has 5 rings (SSSR count). The molecule has 0 radical (unpaired) electrons. The van der Waals surface area contributed by atoms with E-state index in [1.54, 1.807) is 22.3 Å². The van der Waals surface area contributed by atoms with Crippen LogP contribution >= 0.6 is 0 Å². The summed E-state index contributed by atoms with van der Waals surface area (Å²) in [6.07, 6.45) is 42.8. The van der Waals surface area contributed by atoms with Crippen molar-refractivity contribution in [1.82, 2.24) is 10.2 Å². The van der Waals surface area contributed by atoms with E-state index in [1.807, 2.05) is 0 Å². The topological polar surface area (TPSA) is 15.3 Å². The molecule has 2 heteroatoms. The molecule has 220 valence electrons. The van der Waals surface area contributed by atoms with E-state index in [-0.39, 0.29) is 0 Å². The van der Waals surface area contributed by atoms with E-state index in [0.29, 0.717) is 18.0 Å². The summed E-state index contributed by atoms with van der Waals surface area (Å²) in [5, 5.41) is 3.39. The molecule has 1 heterocycles. The van der Waals surface area contributed by atoms with Crippen molar-refractivity contribution >= 4 is 0 Å². The van der Waals surface area contributed by atoms with Crippen LogP contribution in [0.15, 0.2) is 106 Å². The van der Waals surface area contributed by atoms with Crippen LogP contribution in [-0.2, 0) is 0 Å². The van der Waals surface area contributed by atoms with Crippen LogP contribution in [-0.4, -0.2) is 37.1 Å². The van der Waals surface area contributed by atoms with Crippen molar-refractivity contribution in [3.63, 3.8) is 0 Å². The SMILES string of the molecule is CCC/C=C1/C(C)=C2\C=CCC\C2=C(/C2=CC=CCC2C2=CCCC=C2)CN(C2C=CCCC2)C1CCCCNC. The maximum absolute atomic E-state index is 3.39. The van der Waals surface area contributed by atoms with Crippen molar-refractivity contribution in [2.24, 2.45) is 5.92 Å². The Labute approximate surface area is 251 Å². The third-order valence-corrected chi connectivity index (χ3v) is 9.87. The molecule has 0 spiro atoms. The molecule has 0 fully saturated rings. The Hall–Kier alpha value is -2.42. The van der Waals surface area contributed by atoms with Gasteiger partial charge in [0, 0.05) is 24.5 Å². The molecule has 41 heavy (non-hydrogen) atoms. The first-order valence-electron chi connectivity index (χ1n) is 16.8. The monoisotopic (exact) mass is 550 g/mol. The highest BCUT2D eigenvalue weighted by molar-refractivity contribution is 5.61. The van der Waals surface area contributed by atoms with E-state index in [9.17, 15) is 0 Å². The van der Waals surface area contributed by atoms with Gasteiger partial charge in [-0.15, -0.1) is 0 Å². The van der Waals surface area contributed by atoms with Crippen molar-refractivity contribution in [2.45, 2.75) is 109 Å². The van der Waals surface area contributed by atoms with Gasteiger partial charge in [-0.05, 0) is 130 Å². The molecule has 3 unspecified atom stereocenters. The van der Waals surface area contributed by atoms with E-state index in [1.165, 1.54) is 74.5 Å².